The van der Waals surface area contributed by atoms with Gasteiger partial charge in [0.05, 0.1) is 9.68 Å². The van der Waals surface area contributed by atoms with Gasteiger partial charge in [0.25, 0.3) is 0 Å². The van der Waals surface area contributed by atoms with E-state index in [2.05, 4.69) is 105 Å². The minimum absolute atomic E-state index is 0.0316. The molecule has 1 N–H and O–H groups in total. The lowest BCUT2D eigenvalue weighted by molar-refractivity contribution is 0.0604. The lowest BCUT2D eigenvalue weighted by Gasteiger charge is -2.45. The van der Waals surface area contributed by atoms with Crippen LogP contribution >= 0.6 is 35.3 Å². The van der Waals surface area contributed by atoms with Gasteiger partial charge in [0.1, 0.15) is 0 Å². The van der Waals surface area contributed by atoms with E-state index in [0.29, 0.717) is 0 Å². The Balaban J connectivity index is 2.06. The van der Waals surface area contributed by atoms with E-state index in [1.165, 1.54) is 14.7 Å². The number of aliphatic hydroxyl groups is 1. The zero-order chi connectivity index (χ0) is 23.7. The van der Waals surface area contributed by atoms with Crippen LogP contribution in [-0.4, -0.2) is 20.0 Å². The molecule has 3 rings (SSSR count). The van der Waals surface area contributed by atoms with Gasteiger partial charge in [-0.25, -0.2) is 0 Å². The standard InChI is InChI=1S/C29H36OS3/c1-5-6-22-29(32-25-18-12-8-13-19-25,33-26-20-14-9-15-21-26)23(2)27(28(3,4)30)31-24-16-10-7-11-17-24/h7-21,23,27,30H,5-6,22H2,1-4H3/t23-,27-/m0/s1. The van der Waals surface area contributed by atoms with Gasteiger partial charge in [-0.2, -0.15) is 0 Å². The van der Waals surface area contributed by atoms with Crippen LogP contribution in [0.5, 0.6) is 0 Å². The number of unbranched alkanes of at least 4 members (excludes halogenated alkanes) is 1. The summed E-state index contributed by atoms with van der Waals surface area (Å²) in [5, 5.41) is 11.4. The maximum Gasteiger partial charge on any atom is 0.0742 e. The van der Waals surface area contributed by atoms with E-state index in [0.717, 1.165) is 19.3 Å². The van der Waals surface area contributed by atoms with Crippen molar-refractivity contribution in [2.24, 2.45) is 5.92 Å². The molecule has 0 saturated carbocycles. The molecule has 0 fully saturated rings. The second-order valence-electron chi connectivity index (χ2n) is 9.04. The maximum absolute atomic E-state index is 11.4. The molecule has 3 aromatic carbocycles. The molecule has 0 heterocycles. The van der Waals surface area contributed by atoms with E-state index in [4.69, 9.17) is 0 Å². The molecule has 2 atom stereocenters. The van der Waals surface area contributed by atoms with Crippen LogP contribution in [0.1, 0.15) is 47.0 Å². The summed E-state index contributed by atoms with van der Waals surface area (Å²) in [7, 11) is 0. The summed E-state index contributed by atoms with van der Waals surface area (Å²) >= 11 is 5.75. The molecule has 0 bridgehead atoms. The Kier molecular flexibility index (Phi) is 9.87. The number of hydrogen-bond donors (Lipinski definition) is 1. The van der Waals surface area contributed by atoms with Crippen molar-refractivity contribution in [3.8, 4) is 0 Å². The fourth-order valence-electron chi connectivity index (χ4n) is 4.07. The first-order valence-electron chi connectivity index (χ1n) is 11.8. The molecule has 3 aromatic rings. The predicted octanol–water partition coefficient (Wildman–Crippen LogP) is 9.03. The van der Waals surface area contributed by atoms with Crippen molar-refractivity contribution in [3.63, 3.8) is 0 Å². The number of hydrogen-bond acceptors (Lipinski definition) is 4. The first kappa shape index (κ1) is 26.3. The first-order chi connectivity index (χ1) is 15.8. The Morgan fingerprint density at radius 2 is 1.15 bits per heavy atom. The van der Waals surface area contributed by atoms with E-state index >= 15 is 0 Å². The molecular weight excluding hydrogens is 461 g/mol. The molecule has 0 aliphatic carbocycles. The highest BCUT2D eigenvalue weighted by atomic mass is 32.2. The van der Waals surface area contributed by atoms with Crippen molar-refractivity contribution in [1.29, 1.82) is 0 Å². The SMILES string of the molecule is CCCCC(Sc1ccccc1)(Sc1ccccc1)[C@@H](C)[C@H](Sc1ccccc1)C(C)(C)O. The smallest absolute Gasteiger partial charge is 0.0742 e. The van der Waals surface area contributed by atoms with E-state index in [1.54, 1.807) is 0 Å². The van der Waals surface area contributed by atoms with Crippen LogP contribution in [0.15, 0.2) is 106 Å². The van der Waals surface area contributed by atoms with Gasteiger partial charge in [0, 0.05) is 19.9 Å². The van der Waals surface area contributed by atoms with Crippen molar-refractivity contribution >= 4 is 35.3 Å². The fourth-order valence-corrected chi connectivity index (χ4v) is 8.84. The Hall–Kier alpha value is -1.33. The molecule has 0 unspecified atom stereocenters. The molecule has 0 aromatic heterocycles. The fraction of sp³-hybridized carbons (Fsp3) is 0.379. The average molecular weight is 497 g/mol. The number of rotatable bonds is 12. The highest BCUT2D eigenvalue weighted by Crippen LogP contribution is 2.57. The molecule has 0 amide bonds. The van der Waals surface area contributed by atoms with Crippen LogP contribution in [-0.2, 0) is 0 Å². The van der Waals surface area contributed by atoms with Gasteiger partial charge >= 0.3 is 0 Å². The Bertz CT molecular complexity index is 897. The third-order valence-corrected chi connectivity index (χ3v) is 10.9. The third-order valence-electron chi connectivity index (χ3n) is 5.80. The monoisotopic (exact) mass is 496 g/mol. The van der Waals surface area contributed by atoms with Crippen LogP contribution in [0.3, 0.4) is 0 Å². The van der Waals surface area contributed by atoms with E-state index in [1.807, 2.05) is 49.1 Å². The van der Waals surface area contributed by atoms with Gasteiger partial charge in [0.2, 0.25) is 0 Å². The molecule has 0 radical (unpaired) electrons. The highest BCUT2D eigenvalue weighted by Gasteiger charge is 2.46. The lowest BCUT2D eigenvalue weighted by atomic mass is 9.89. The molecule has 33 heavy (non-hydrogen) atoms. The van der Waals surface area contributed by atoms with Gasteiger partial charge in [0.15, 0.2) is 0 Å². The highest BCUT2D eigenvalue weighted by molar-refractivity contribution is 8.18. The number of benzene rings is 3. The lowest BCUT2D eigenvalue weighted by Crippen LogP contribution is -2.46. The van der Waals surface area contributed by atoms with Gasteiger partial charge < -0.3 is 5.11 Å². The summed E-state index contributed by atoms with van der Waals surface area (Å²) < 4.78 is -0.120. The predicted molar refractivity (Wildman–Crippen MR) is 148 cm³/mol. The third kappa shape index (κ3) is 7.58. The zero-order valence-corrected chi connectivity index (χ0v) is 22.6. The van der Waals surface area contributed by atoms with E-state index < -0.39 is 5.60 Å². The summed E-state index contributed by atoms with van der Waals surface area (Å²) in [6.45, 7) is 8.55. The minimum atomic E-state index is -0.827. The second-order valence-corrected chi connectivity index (χ2v) is 13.3. The molecule has 4 heteroatoms. The molecule has 176 valence electrons. The van der Waals surface area contributed by atoms with Crippen LogP contribution in [0, 0.1) is 5.92 Å². The van der Waals surface area contributed by atoms with Crippen LogP contribution in [0.2, 0.25) is 0 Å². The summed E-state index contributed by atoms with van der Waals surface area (Å²) in [5.41, 5.74) is -0.827. The van der Waals surface area contributed by atoms with Crippen molar-refractivity contribution in [2.45, 2.75) is 76.6 Å². The first-order valence-corrected chi connectivity index (χ1v) is 14.3. The normalized spacial score (nSPS) is 14.1. The Morgan fingerprint density at radius 1 is 0.727 bits per heavy atom. The number of thioether (sulfide) groups is 3. The molecule has 0 spiro atoms. The Morgan fingerprint density at radius 3 is 1.55 bits per heavy atom. The summed E-state index contributed by atoms with van der Waals surface area (Å²) in [6.07, 6.45) is 3.38. The van der Waals surface area contributed by atoms with Gasteiger partial charge in [-0.3, -0.25) is 0 Å². The van der Waals surface area contributed by atoms with E-state index in [9.17, 15) is 5.11 Å². The van der Waals surface area contributed by atoms with Crippen molar-refractivity contribution in [3.05, 3.63) is 91.0 Å². The van der Waals surface area contributed by atoms with Gasteiger partial charge in [-0.15, -0.1) is 35.3 Å². The second kappa shape index (κ2) is 12.4. The van der Waals surface area contributed by atoms with Crippen molar-refractivity contribution < 1.29 is 5.11 Å². The molecular formula is C29H36OS3. The largest absolute Gasteiger partial charge is 0.389 e. The van der Waals surface area contributed by atoms with Gasteiger partial charge in [-0.05, 0) is 62.6 Å². The zero-order valence-electron chi connectivity index (χ0n) is 20.1. The summed E-state index contributed by atoms with van der Waals surface area (Å²) in [6, 6.07) is 32.0. The van der Waals surface area contributed by atoms with Crippen LogP contribution in [0.25, 0.3) is 0 Å². The molecule has 0 saturated heterocycles. The topological polar surface area (TPSA) is 20.2 Å². The quantitative estimate of drug-likeness (QED) is 0.199. The van der Waals surface area contributed by atoms with Crippen LogP contribution < -0.4 is 0 Å². The summed E-state index contributed by atoms with van der Waals surface area (Å²) in [5.74, 6) is 0.227. The van der Waals surface area contributed by atoms with Crippen molar-refractivity contribution in [2.75, 3.05) is 0 Å². The van der Waals surface area contributed by atoms with E-state index in [-0.39, 0.29) is 15.2 Å². The summed E-state index contributed by atoms with van der Waals surface area (Å²) in [4.78, 5) is 3.77. The van der Waals surface area contributed by atoms with Crippen LogP contribution in [0.4, 0.5) is 0 Å². The van der Waals surface area contributed by atoms with Gasteiger partial charge in [-0.1, -0.05) is 81.3 Å². The molecule has 0 aliphatic rings. The molecule has 0 aliphatic heterocycles. The molecule has 1 nitrogen and oxygen atoms in total. The van der Waals surface area contributed by atoms with Crippen molar-refractivity contribution in [1.82, 2.24) is 0 Å². The minimum Gasteiger partial charge on any atom is -0.389 e. The Labute approximate surface area is 213 Å². The average Bonchev–Trinajstić information content (AvgIpc) is 2.82. The maximum atomic E-state index is 11.4.